The van der Waals surface area contributed by atoms with Crippen molar-refractivity contribution in [3.8, 4) is 22.3 Å². The molecule has 0 radical (unpaired) electrons. The lowest BCUT2D eigenvalue weighted by Crippen LogP contribution is -2.57. The summed E-state index contributed by atoms with van der Waals surface area (Å²) in [4.78, 5) is 4.76. The molecule has 1 aliphatic rings. The standard InChI is InChI=1S/C39H35BN3/c1-28-16-14-25-36-39(28)43(37-26-29(2)30(3)27-41(37)4)40(42(36)33-21-12-7-13-22-33)38-34(31-17-8-5-9-18-31)23-15-24-35(38)32-19-10-6-11-20-32/h5-27H,1-4H3/q+1/i2D3. The lowest BCUT2D eigenvalue weighted by Gasteiger charge is -2.28. The van der Waals surface area contributed by atoms with Crippen molar-refractivity contribution in [1.29, 1.82) is 0 Å². The third kappa shape index (κ3) is 4.60. The fraction of sp³-hybridized carbons (Fsp3) is 0.103. The van der Waals surface area contributed by atoms with Gasteiger partial charge in [-0.3, -0.25) is 4.81 Å². The molecule has 6 aromatic rings. The number of anilines is 4. The minimum absolute atomic E-state index is 0.354. The normalized spacial score (nSPS) is 13.8. The predicted molar refractivity (Wildman–Crippen MR) is 182 cm³/mol. The summed E-state index contributed by atoms with van der Waals surface area (Å²) < 4.78 is 27.3. The van der Waals surface area contributed by atoms with Crippen molar-refractivity contribution in [1.82, 2.24) is 0 Å². The summed E-state index contributed by atoms with van der Waals surface area (Å²) in [6.45, 7) is 1.40. The predicted octanol–water partition coefficient (Wildman–Crippen LogP) is 8.46. The van der Waals surface area contributed by atoms with Crippen molar-refractivity contribution in [2.24, 2.45) is 7.05 Å². The van der Waals surface area contributed by atoms with Crippen molar-refractivity contribution in [3.63, 3.8) is 0 Å². The average molecular weight is 560 g/mol. The van der Waals surface area contributed by atoms with Crippen LogP contribution < -0.4 is 19.7 Å². The maximum atomic E-state index is 8.42. The van der Waals surface area contributed by atoms with E-state index in [1.807, 2.05) is 44.4 Å². The number of pyridine rings is 1. The van der Waals surface area contributed by atoms with Crippen molar-refractivity contribution < 1.29 is 8.68 Å². The Morgan fingerprint density at radius 2 is 1.19 bits per heavy atom. The number of fused-ring (bicyclic) bond motifs is 1. The summed E-state index contributed by atoms with van der Waals surface area (Å²) in [5.74, 6) is 0.803. The van der Waals surface area contributed by atoms with Crippen LogP contribution in [0.5, 0.6) is 0 Å². The summed E-state index contributed by atoms with van der Waals surface area (Å²) in [5, 5.41) is 0. The largest absolute Gasteiger partial charge is 0.543 e. The molecule has 0 N–H and O–H groups in total. The third-order valence-electron chi connectivity index (χ3n) is 8.47. The molecule has 0 fully saturated rings. The first-order chi connectivity index (χ1) is 22.2. The van der Waals surface area contributed by atoms with Gasteiger partial charge in [0.1, 0.15) is 5.69 Å². The molecule has 43 heavy (non-hydrogen) atoms. The van der Waals surface area contributed by atoms with E-state index in [4.69, 9.17) is 4.11 Å². The van der Waals surface area contributed by atoms with Gasteiger partial charge in [-0.1, -0.05) is 109 Å². The van der Waals surface area contributed by atoms with E-state index in [1.54, 1.807) is 0 Å². The fourth-order valence-corrected chi connectivity index (χ4v) is 6.48. The van der Waals surface area contributed by atoms with Crippen molar-refractivity contribution >= 4 is 35.3 Å². The summed E-state index contributed by atoms with van der Waals surface area (Å²) in [6, 6.07) is 46.4. The maximum absolute atomic E-state index is 8.42. The van der Waals surface area contributed by atoms with Crippen molar-refractivity contribution in [2.75, 3.05) is 9.62 Å². The highest BCUT2D eigenvalue weighted by molar-refractivity contribution is 6.86. The van der Waals surface area contributed by atoms with Crippen LogP contribution in [0, 0.1) is 20.7 Å². The van der Waals surface area contributed by atoms with E-state index in [-0.39, 0.29) is 6.98 Å². The Balaban J connectivity index is 1.63. The SMILES string of the molecule is [2H]C([2H])([2H])c1cc(N2B(c3c(-c4ccccc4)cccc3-c3ccccc3)N(c3ccccc3)c3cccc(C)c32)[n+](C)cc1C. The molecule has 3 nitrogen and oxygen atoms in total. The molecule has 5 aromatic carbocycles. The molecule has 208 valence electrons. The van der Waals surface area contributed by atoms with Crippen LogP contribution in [0.3, 0.4) is 0 Å². The number of nitrogens with zero attached hydrogens (tertiary/aromatic N) is 3. The highest BCUT2D eigenvalue weighted by atomic mass is 15.3. The number of aromatic nitrogens is 1. The Morgan fingerprint density at radius 3 is 1.79 bits per heavy atom. The lowest BCUT2D eigenvalue weighted by atomic mass is 9.59. The van der Waals surface area contributed by atoms with E-state index in [0.717, 1.165) is 61.7 Å². The minimum Gasteiger partial charge on any atom is -0.336 e. The van der Waals surface area contributed by atoms with Gasteiger partial charge in [-0.25, -0.2) is 4.57 Å². The molecule has 1 aromatic heterocycles. The van der Waals surface area contributed by atoms with Gasteiger partial charge in [0.2, 0.25) is 0 Å². The van der Waals surface area contributed by atoms with Gasteiger partial charge < -0.3 is 4.81 Å². The van der Waals surface area contributed by atoms with E-state index in [0.29, 0.717) is 5.56 Å². The number of hydrogen-bond acceptors (Lipinski definition) is 2. The second-order valence-corrected chi connectivity index (χ2v) is 11.2. The van der Waals surface area contributed by atoms with Gasteiger partial charge in [0.15, 0.2) is 0 Å². The van der Waals surface area contributed by atoms with Gasteiger partial charge in [0.25, 0.3) is 5.82 Å². The minimum atomic E-state index is -2.26. The zero-order chi connectivity index (χ0) is 32.0. The monoisotopic (exact) mass is 559 g/mol. The molecule has 2 heterocycles. The van der Waals surface area contributed by atoms with Gasteiger partial charge in [0.05, 0.1) is 18.9 Å². The Kier molecular flexibility index (Phi) is 5.98. The van der Waals surface area contributed by atoms with Crippen molar-refractivity contribution in [2.45, 2.75) is 20.7 Å². The van der Waals surface area contributed by atoms with Crippen LogP contribution in [0.1, 0.15) is 20.8 Å². The molecule has 0 saturated carbocycles. The highest BCUT2D eigenvalue weighted by Crippen LogP contribution is 2.48. The molecule has 0 atom stereocenters. The van der Waals surface area contributed by atoms with Crippen LogP contribution >= 0.6 is 0 Å². The first kappa shape index (κ1) is 23.5. The smallest absolute Gasteiger partial charge is 0.336 e. The average Bonchev–Trinajstić information content (AvgIpc) is 3.41. The van der Waals surface area contributed by atoms with Gasteiger partial charge >= 0.3 is 6.98 Å². The molecular formula is C39H35BN3+. The number of benzene rings is 5. The molecule has 1 aliphatic heterocycles. The Morgan fingerprint density at radius 1 is 0.605 bits per heavy atom. The summed E-state index contributed by atoms with van der Waals surface area (Å²) in [6.07, 6.45) is 1.94. The fourth-order valence-electron chi connectivity index (χ4n) is 6.48. The summed E-state index contributed by atoms with van der Waals surface area (Å²) >= 11 is 0. The van der Waals surface area contributed by atoms with Crippen LogP contribution in [-0.4, -0.2) is 6.98 Å². The number of aryl methyl sites for hydroxylation is 4. The number of rotatable bonds is 5. The van der Waals surface area contributed by atoms with Crippen LogP contribution in [0.15, 0.2) is 140 Å². The second-order valence-electron chi connectivity index (χ2n) is 11.2. The molecule has 7 rings (SSSR count). The lowest BCUT2D eigenvalue weighted by molar-refractivity contribution is -0.658. The summed E-state index contributed by atoms with van der Waals surface area (Å²) in [5.41, 5.74) is 11.0. The number of hydrogen-bond donors (Lipinski definition) is 0. The zero-order valence-electron chi connectivity index (χ0n) is 27.7. The molecule has 0 saturated heterocycles. The third-order valence-corrected chi connectivity index (χ3v) is 8.47. The Labute approximate surface area is 259 Å². The van der Waals surface area contributed by atoms with Gasteiger partial charge in [-0.15, -0.1) is 0 Å². The van der Waals surface area contributed by atoms with Crippen LogP contribution in [-0.2, 0) is 7.05 Å². The highest BCUT2D eigenvalue weighted by Gasteiger charge is 2.53. The molecule has 0 spiro atoms. The topological polar surface area (TPSA) is 10.4 Å². The Hall–Kier alpha value is -5.09. The van der Waals surface area contributed by atoms with Crippen molar-refractivity contribution in [3.05, 3.63) is 156 Å². The van der Waals surface area contributed by atoms with E-state index < -0.39 is 6.85 Å². The quantitative estimate of drug-likeness (QED) is 0.155. The van der Waals surface area contributed by atoms with E-state index in [2.05, 4.69) is 130 Å². The van der Waals surface area contributed by atoms with E-state index >= 15 is 0 Å². The van der Waals surface area contributed by atoms with E-state index in [1.165, 1.54) is 0 Å². The van der Waals surface area contributed by atoms with Gasteiger partial charge in [-0.05, 0) is 77.8 Å². The first-order valence-corrected chi connectivity index (χ1v) is 14.7. The van der Waals surface area contributed by atoms with Crippen LogP contribution in [0.2, 0.25) is 0 Å². The van der Waals surface area contributed by atoms with E-state index in [9.17, 15) is 0 Å². The molecule has 0 bridgehead atoms. The van der Waals surface area contributed by atoms with Crippen LogP contribution in [0.25, 0.3) is 22.3 Å². The molecule has 0 unspecified atom stereocenters. The second kappa shape index (κ2) is 11.0. The first-order valence-electron chi connectivity index (χ1n) is 16.2. The maximum Gasteiger partial charge on any atom is 0.543 e. The Bertz CT molecular complexity index is 1970. The molecule has 0 aliphatic carbocycles. The summed E-state index contributed by atoms with van der Waals surface area (Å²) in [7, 11) is 2.01. The number of para-hydroxylation sites is 2. The molecule has 4 heteroatoms. The zero-order valence-corrected chi connectivity index (χ0v) is 24.7. The van der Waals surface area contributed by atoms with Gasteiger partial charge in [-0.2, -0.15) is 0 Å². The van der Waals surface area contributed by atoms with Gasteiger partial charge in [0, 0.05) is 21.3 Å². The molecule has 0 amide bonds. The van der Waals surface area contributed by atoms with Crippen LogP contribution in [0.4, 0.5) is 22.9 Å². The molecular weight excluding hydrogens is 521 g/mol.